The van der Waals surface area contributed by atoms with Gasteiger partial charge in [-0.25, -0.2) is 0 Å². The van der Waals surface area contributed by atoms with Gasteiger partial charge in [-0.3, -0.25) is 0 Å². The minimum absolute atomic E-state index is 0. The summed E-state index contributed by atoms with van der Waals surface area (Å²) in [6.07, 6.45) is 12.6. The Labute approximate surface area is 163 Å². The Hall–Kier alpha value is -1.01. The maximum absolute atomic E-state index is 5.08. The molecule has 0 spiro atoms. The van der Waals surface area contributed by atoms with Crippen LogP contribution in [0.5, 0.6) is 0 Å². The van der Waals surface area contributed by atoms with Crippen LogP contribution in [0.2, 0.25) is 4.63 Å². The molecule has 3 heteroatoms. The normalized spacial score (nSPS) is 18.2. The summed E-state index contributed by atoms with van der Waals surface area (Å²) in [5.41, 5.74) is 2.83. The molecular weight excluding hydrogens is 426 g/mol. The van der Waals surface area contributed by atoms with Crippen LogP contribution in [0.15, 0.2) is 82.2 Å². The molecule has 2 aromatic rings. The first kappa shape index (κ1) is 20.3. The van der Waals surface area contributed by atoms with Gasteiger partial charge < -0.3 is 0 Å². The number of fused-ring (bicyclic) bond motifs is 1. The molecule has 0 heterocycles. The molecule has 25 heavy (non-hydrogen) atoms. The van der Waals surface area contributed by atoms with Crippen molar-refractivity contribution >= 4 is 38.4 Å². The topological polar surface area (TPSA) is 0 Å². The standard InChI is InChI=1S/C9H7.C6H5.C5H5.CH3.CH2.2ClH.Zr/c1-2-5-9-7-3-6-8(9)4-1;1-2-4-6-5-3-1;1-2-4-5-3-1;;;;;/h1-7H;1-5H;1-3H,4H2;1H3;1H2;2*1H;. The fraction of sp³-hybridized carbons (Fsp3) is 0.136. The van der Waals surface area contributed by atoms with Crippen molar-refractivity contribution in [2.75, 3.05) is 0 Å². The van der Waals surface area contributed by atoms with Gasteiger partial charge in [0.1, 0.15) is 0 Å². The van der Waals surface area contributed by atoms with Gasteiger partial charge in [-0.05, 0) is 0 Å². The van der Waals surface area contributed by atoms with Gasteiger partial charge in [-0.15, -0.1) is 24.8 Å². The van der Waals surface area contributed by atoms with E-state index in [4.69, 9.17) is 4.21 Å². The molecule has 2 aliphatic carbocycles. The molecule has 2 aromatic carbocycles. The second-order valence-corrected chi connectivity index (χ2v) is 22.2. The van der Waals surface area contributed by atoms with Crippen LogP contribution in [-0.2, 0) is 18.3 Å². The summed E-state index contributed by atoms with van der Waals surface area (Å²) in [5, 5.41) is 0. The van der Waals surface area contributed by atoms with Crippen LogP contribution in [0.1, 0.15) is 21.2 Å². The van der Waals surface area contributed by atoms with E-state index in [0.717, 1.165) is 6.42 Å². The van der Waals surface area contributed by atoms with E-state index >= 15 is 0 Å². The van der Waals surface area contributed by atoms with Gasteiger partial charge in [0.05, 0.1) is 0 Å². The predicted molar refractivity (Wildman–Crippen MR) is 114 cm³/mol. The van der Waals surface area contributed by atoms with Gasteiger partial charge in [0, 0.05) is 0 Å². The van der Waals surface area contributed by atoms with Crippen molar-refractivity contribution in [1.82, 2.24) is 0 Å². The first-order chi connectivity index (χ1) is 11.1. The maximum atomic E-state index is 5.08. The van der Waals surface area contributed by atoms with E-state index in [1.54, 1.807) is 3.28 Å². The molecule has 0 aromatic heterocycles. The average Bonchev–Trinajstić information content (AvgIpc) is 3.26. The minimum atomic E-state index is -3.66. The van der Waals surface area contributed by atoms with E-state index in [-0.39, 0.29) is 24.8 Å². The molecule has 4 rings (SSSR count). The summed E-state index contributed by atoms with van der Waals surface area (Å²) in [4.78, 5) is 0. The fourth-order valence-electron chi connectivity index (χ4n) is 4.36. The van der Waals surface area contributed by atoms with Crippen molar-refractivity contribution in [2.24, 2.45) is 0 Å². The Morgan fingerprint density at radius 2 is 1.64 bits per heavy atom. The molecule has 0 fully saturated rings. The van der Waals surface area contributed by atoms with Gasteiger partial charge >= 0.3 is 140 Å². The van der Waals surface area contributed by atoms with Crippen LogP contribution in [-0.4, -0.2) is 4.21 Å². The Balaban J connectivity index is 0.00000113. The van der Waals surface area contributed by atoms with Crippen molar-refractivity contribution in [3.8, 4) is 0 Å². The molecule has 2 aliphatic rings. The Bertz CT molecular complexity index is 922. The van der Waals surface area contributed by atoms with Crippen molar-refractivity contribution < 1.29 is 18.3 Å². The molecule has 0 N–H and O–H groups in total. The summed E-state index contributed by atoms with van der Waals surface area (Å²) < 4.78 is 11.1. The number of halogens is 2. The number of hydrogen-bond donors (Lipinski definition) is 0. The monoisotopic (exact) mass is 448 g/mol. The third kappa shape index (κ3) is 3.01. The Kier molecular flexibility index (Phi) is 5.94. The number of hydrogen-bond acceptors (Lipinski definition) is 0. The van der Waals surface area contributed by atoms with Crippen molar-refractivity contribution in [3.63, 3.8) is 0 Å². The number of benzene rings is 2. The van der Waals surface area contributed by atoms with Crippen LogP contribution < -0.4 is 3.27 Å². The SMILES string of the molecule is Cl.Cl.[CH2]=[Zr]([CH3])([C]1=CC=CC1)([c]1ccccc1)[CH]1C=Cc2ccccc21. The van der Waals surface area contributed by atoms with Gasteiger partial charge in [0.25, 0.3) is 0 Å². The van der Waals surface area contributed by atoms with Gasteiger partial charge in [-0.1, -0.05) is 0 Å². The molecule has 0 saturated carbocycles. The fourth-order valence-corrected chi connectivity index (χ4v) is 17.2. The van der Waals surface area contributed by atoms with E-state index < -0.39 is 18.3 Å². The van der Waals surface area contributed by atoms with E-state index in [1.165, 1.54) is 14.4 Å². The third-order valence-electron chi connectivity index (χ3n) is 5.88. The quantitative estimate of drug-likeness (QED) is 0.543. The van der Waals surface area contributed by atoms with E-state index in [1.807, 2.05) is 0 Å². The molecule has 0 aliphatic heterocycles. The average molecular weight is 451 g/mol. The zero-order valence-corrected chi connectivity index (χ0v) is 18.5. The van der Waals surface area contributed by atoms with Crippen LogP contribution in [0.25, 0.3) is 6.08 Å². The molecule has 0 amide bonds. The first-order valence-corrected chi connectivity index (χ1v) is 16.4. The van der Waals surface area contributed by atoms with E-state index in [9.17, 15) is 0 Å². The number of allylic oxidation sites excluding steroid dienone is 5. The predicted octanol–water partition coefficient (Wildman–Crippen LogP) is 5.94. The summed E-state index contributed by atoms with van der Waals surface area (Å²) in [7, 11) is 0. The van der Waals surface area contributed by atoms with Gasteiger partial charge in [0.2, 0.25) is 0 Å². The summed E-state index contributed by atoms with van der Waals surface area (Å²) in [6.45, 7) is 0. The molecule has 130 valence electrons. The van der Waals surface area contributed by atoms with Crippen LogP contribution >= 0.6 is 24.8 Å². The third-order valence-corrected chi connectivity index (χ3v) is 21.3. The second-order valence-electron chi connectivity index (χ2n) is 7.27. The second kappa shape index (κ2) is 7.31. The van der Waals surface area contributed by atoms with Crippen molar-refractivity contribution in [1.29, 1.82) is 0 Å². The van der Waals surface area contributed by atoms with E-state index in [2.05, 4.69) is 89.6 Å². The molecule has 0 radical (unpaired) electrons. The summed E-state index contributed by atoms with van der Waals surface area (Å²) in [6, 6.07) is 19.9. The molecular formula is C22H24Cl2Zr. The molecule has 0 saturated heterocycles. The summed E-state index contributed by atoms with van der Waals surface area (Å²) >= 11 is -3.66. The van der Waals surface area contributed by atoms with E-state index in [0.29, 0.717) is 3.63 Å². The van der Waals surface area contributed by atoms with Crippen molar-refractivity contribution in [3.05, 3.63) is 93.3 Å². The zero-order chi connectivity index (χ0) is 15.9. The zero-order valence-electron chi connectivity index (χ0n) is 14.4. The molecule has 0 bridgehead atoms. The Morgan fingerprint density at radius 3 is 2.32 bits per heavy atom. The van der Waals surface area contributed by atoms with Gasteiger partial charge in [0.15, 0.2) is 0 Å². The summed E-state index contributed by atoms with van der Waals surface area (Å²) in [5.74, 6) is 0. The first-order valence-electron chi connectivity index (χ1n) is 8.34. The van der Waals surface area contributed by atoms with Crippen LogP contribution in [0.4, 0.5) is 0 Å². The molecule has 1 atom stereocenters. The number of rotatable bonds is 3. The van der Waals surface area contributed by atoms with Gasteiger partial charge in [-0.2, -0.15) is 0 Å². The van der Waals surface area contributed by atoms with Crippen LogP contribution in [0.3, 0.4) is 0 Å². The molecule has 1 unspecified atom stereocenters. The molecule has 0 nitrogen and oxygen atoms in total. The van der Waals surface area contributed by atoms with Crippen LogP contribution in [0, 0.1) is 0 Å². The Morgan fingerprint density at radius 1 is 0.960 bits per heavy atom. The van der Waals surface area contributed by atoms with Crippen molar-refractivity contribution in [2.45, 2.75) is 14.7 Å².